The molecule has 1 heterocycles. The Morgan fingerprint density at radius 3 is 2.44 bits per heavy atom. The number of hydrogen-bond donors (Lipinski definition) is 1. The molecule has 2 rings (SSSR count). The molecule has 2 heteroatoms. The van der Waals surface area contributed by atoms with Crippen molar-refractivity contribution in [2.45, 2.75) is 45.8 Å². The van der Waals surface area contributed by atoms with Crippen LogP contribution in [-0.4, -0.2) is 30.1 Å². The maximum absolute atomic E-state index is 3.61. The minimum Gasteiger partial charge on any atom is -0.311 e. The van der Waals surface area contributed by atoms with E-state index in [-0.39, 0.29) is 0 Å². The van der Waals surface area contributed by atoms with Gasteiger partial charge in [0.15, 0.2) is 0 Å². The molecule has 1 saturated heterocycles. The summed E-state index contributed by atoms with van der Waals surface area (Å²) in [5.41, 5.74) is 1.43. The molecular formula is C16H26N2. The summed E-state index contributed by atoms with van der Waals surface area (Å²) in [6.07, 6.45) is 0. The van der Waals surface area contributed by atoms with E-state index in [9.17, 15) is 0 Å². The van der Waals surface area contributed by atoms with E-state index >= 15 is 0 Å². The molecule has 0 aromatic heterocycles. The van der Waals surface area contributed by atoms with Crippen LogP contribution >= 0.6 is 0 Å². The van der Waals surface area contributed by atoms with Crippen LogP contribution in [0.3, 0.4) is 0 Å². The summed E-state index contributed by atoms with van der Waals surface area (Å²) in [6.45, 7) is 11.5. The van der Waals surface area contributed by atoms with Crippen LogP contribution in [0.25, 0.3) is 0 Å². The van der Waals surface area contributed by atoms with Crippen LogP contribution in [0, 0.1) is 5.92 Å². The molecule has 1 aliphatic heterocycles. The van der Waals surface area contributed by atoms with Crippen molar-refractivity contribution in [3.63, 3.8) is 0 Å². The topological polar surface area (TPSA) is 15.3 Å². The molecule has 3 unspecified atom stereocenters. The Kier molecular flexibility index (Phi) is 4.41. The molecule has 2 nitrogen and oxygen atoms in total. The molecule has 0 aliphatic carbocycles. The molecular weight excluding hydrogens is 220 g/mol. The smallest absolute Gasteiger partial charge is 0.0476 e. The fourth-order valence-electron chi connectivity index (χ4n) is 2.76. The van der Waals surface area contributed by atoms with E-state index in [2.05, 4.69) is 68.2 Å². The zero-order valence-electron chi connectivity index (χ0n) is 12.1. The molecule has 0 spiro atoms. The molecule has 1 aromatic rings. The van der Waals surface area contributed by atoms with Gasteiger partial charge in [0, 0.05) is 31.2 Å². The van der Waals surface area contributed by atoms with Crippen LogP contribution in [0.15, 0.2) is 30.3 Å². The Hall–Kier alpha value is -0.860. The van der Waals surface area contributed by atoms with Gasteiger partial charge in [0.05, 0.1) is 0 Å². The van der Waals surface area contributed by atoms with Gasteiger partial charge in [0.2, 0.25) is 0 Å². The number of piperazine rings is 1. The SMILES string of the molecule is CC1CN(C(C)C(C)C)C(c2ccccc2)CN1. The average molecular weight is 246 g/mol. The molecule has 0 amide bonds. The van der Waals surface area contributed by atoms with Crippen LogP contribution in [0.2, 0.25) is 0 Å². The molecule has 0 radical (unpaired) electrons. The molecule has 1 fully saturated rings. The standard InChI is InChI=1S/C16H26N2/c1-12(2)14(4)18-11-13(3)17-10-16(18)15-8-6-5-7-9-15/h5-9,12-14,16-17H,10-11H2,1-4H3. The molecule has 1 N–H and O–H groups in total. The van der Waals surface area contributed by atoms with E-state index in [1.54, 1.807) is 0 Å². The van der Waals surface area contributed by atoms with Gasteiger partial charge in [-0.15, -0.1) is 0 Å². The van der Waals surface area contributed by atoms with Crippen LogP contribution in [-0.2, 0) is 0 Å². The Morgan fingerprint density at radius 2 is 1.83 bits per heavy atom. The lowest BCUT2D eigenvalue weighted by atomic mass is 9.95. The second-order valence-corrected chi connectivity index (χ2v) is 5.92. The number of nitrogens with one attached hydrogen (secondary N) is 1. The lowest BCUT2D eigenvalue weighted by Gasteiger charge is -2.44. The second kappa shape index (κ2) is 5.85. The van der Waals surface area contributed by atoms with Gasteiger partial charge in [-0.3, -0.25) is 4.90 Å². The van der Waals surface area contributed by atoms with E-state index in [1.807, 2.05) is 0 Å². The lowest BCUT2D eigenvalue weighted by molar-refractivity contribution is 0.0705. The maximum Gasteiger partial charge on any atom is 0.0476 e. The highest BCUT2D eigenvalue weighted by Crippen LogP contribution is 2.27. The Balaban J connectivity index is 2.21. The molecule has 1 aliphatic rings. The van der Waals surface area contributed by atoms with Gasteiger partial charge in [-0.25, -0.2) is 0 Å². The fraction of sp³-hybridized carbons (Fsp3) is 0.625. The first-order chi connectivity index (χ1) is 8.59. The summed E-state index contributed by atoms with van der Waals surface area (Å²) in [5, 5.41) is 3.61. The molecule has 0 saturated carbocycles. The fourth-order valence-corrected chi connectivity index (χ4v) is 2.76. The van der Waals surface area contributed by atoms with Crippen molar-refractivity contribution >= 4 is 0 Å². The maximum atomic E-state index is 3.61. The molecule has 100 valence electrons. The number of nitrogens with zero attached hydrogens (tertiary/aromatic N) is 1. The van der Waals surface area contributed by atoms with Gasteiger partial charge in [0.1, 0.15) is 0 Å². The van der Waals surface area contributed by atoms with Crippen molar-refractivity contribution in [2.24, 2.45) is 5.92 Å². The largest absolute Gasteiger partial charge is 0.311 e. The third-order valence-electron chi connectivity index (χ3n) is 4.22. The van der Waals surface area contributed by atoms with Crippen molar-refractivity contribution < 1.29 is 0 Å². The van der Waals surface area contributed by atoms with E-state index in [0.29, 0.717) is 24.0 Å². The van der Waals surface area contributed by atoms with Gasteiger partial charge in [-0.2, -0.15) is 0 Å². The predicted molar refractivity (Wildman–Crippen MR) is 77.7 cm³/mol. The van der Waals surface area contributed by atoms with Gasteiger partial charge in [-0.05, 0) is 25.3 Å². The highest BCUT2D eigenvalue weighted by atomic mass is 15.3. The van der Waals surface area contributed by atoms with Crippen molar-refractivity contribution in [3.05, 3.63) is 35.9 Å². The monoisotopic (exact) mass is 246 g/mol. The van der Waals surface area contributed by atoms with Crippen LogP contribution in [0.4, 0.5) is 0 Å². The average Bonchev–Trinajstić information content (AvgIpc) is 2.38. The van der Waals surface area contributed by atoms with E-state index < -0.39 is 0 Å². The minimum absolute atomic E-state index is 0.514. The normalized spacial score (nSPS) is 27.4. The second-order valence-electron chi connectivity index (χ2n) is 5.92. The summed E-state index contributed by atoms with van der Waals surface area (Å²) >= 11 is 0. The summed E-state index contributed by atoms with van der Waals surface area (Å²) < 4.78 is 0. The van der Waals surface area contributed by atoms with Crippen molar-refractivity contribution in [2.75, 3.05) is 13.1 Å². The van der Waals surface area contributed by atoms with Crippen LogP contribution in [0.1, 0.15) is 39.3 Å². The lowest BCUT2D eigenvalue weighted by Crippen LogP contribution is -2.54. The number of benzene rings is 1. The Morgan fingerprint density at radius 1 is 1.17 bits per heavy atom. The van der Waals surface area contributed by atoms with Gasteiger partial charge in [-0.1, -0.05) is 44.2 Å². The first-order valence-electron chi connectivity index (χ1n) is 7.13. The summed E-state index contributed by atoms with van der Waals surface area (Å²) in [7, 11) is 0. The third-order valence-corrected chi connectivity index (χ3v) is 4.22. The molecule has 3 atom stereocenters. The van der Waals surface area contributed by atoms with E-state index in [1.165, 1.54) is 5.56 Å². The van der Waals surface area contributed by atoms with Crippen molar-refractivity contribution in [1.82, 2.24) is 10.2 Å². The molecule has 0 bridgehead atoms. The van der Waals surface area contributed by atoms with Crippen LogP contribution in [0.5, 0.6) is 0 Å². The zero-order valence-corrected chi connectivity index (χ0v) is 12.1. The zero-order chi connectivity index (χ0) is 13.1. The summed E-state index contributed by atoms with van der Waals surface area (Å²) in [5.74, 6) is 0.696. The minimum atomic E-state index is 0.514. The van der Waals surface area contributed by atoms with Crippen molar-refractivity contribution in [1.29, 1.82) is 0 Å². The van der Waals surface area contributed by atoms with Crippen molar-refractivity contribution in [3.8, 4) is 0 Å². The third kappa shape index (κ3) is 2.93. The van der Waals surface area contributed by atoms with E-state index in [4.69, 9.17) is 0 Å². The summed E-state index contributed by atoms with van der Waals surface area (Å²) in [6, 6.07) is 12.6. The van der Waals surface area contributed by atoms with Gasteiger partial charge in [0.25, 0.3) is 0 Å². The summed E-state index contributed by atoms with van der Waals surface area (Å²) in [4.78, 5) is 2.67. The highest BCUT2D eigenvalue weighted by Gasteiger charge is 2.31. The van der Waals surface area contributed by atoms with E-state index in [0.717, 1.165) is 13.1 Å². The van der Waals surface area contributed by atoms with Gasteiger partial charge < -0.3 is 5.32 Å². The first kappa shape index (κ1) is 13.6. The quantitative estimate of drug-likeness (QED) is 0.882. The highest BCUT2D eigenvalue weighted by molar-refractivity contribution is 5.20. The number of rotatable bonds is 3. The molecule has 18 heavy (non-hydrogen) atoms. The Labute approximate surface area is 111 Å². The van der Waals surface area contributed by atoms with Gasteiger partial charge >= 0.3 is 0 Å². The predicted octanol–water partition coefficient (Wildman–Crippen LogP) is 3.07. The molecule has 1 aromatic carbocycles. The first-order valence-corrected chi connectivity index (χ1v) is 7.13. The Bertz CT molecular complexity index is 361. The number of hydrogen-bond acceptors (Lipinski definition) is 2. The van der Waals surface area contributed by atoms with Crippen LogP contribution < -0.4 is 5.32 Å².